The normalized spacial score (nSPS) is 15.9. The van der Waals surface area contributed by atoms with Crippen molar-refractivity contribution in [2.75, 3.05) is 6.61 Å². The van der Waals surface area contributed by atoms with Gasteiger partial charge in [0.1, 0.15) is 11.7 Å². The van der Waals surface area contributed by atoms with Crippen LogP contribution >= 0.6 is 0 Å². The smallest absolute Gasteiger partial charge is 0.431 e. The summed E-state index contributed by atoms with van der Waals surface area (Å²) in [6.07, 6.45) is 5.03. The van der Waals surface area contributed by atoms with Crippen LogP contribution in [0.1, 0.15) is 101 Å². The van der Waals surface area contributed by atoms with Gasteiger partial charge in [0.15, 0.2) is 16.6 Å². The molecule has 0 unspecified atom stereocenters. The number of ether oxygens (including phenoxy) is 2. The largest absolute Gasteiger partial charge is 0.509 e. The molecule has 0 fully saturated rings. The van der Waals surface area contributed by atoms with Crippen molar-refractivity contribution in [2.24, 2.45) is 0 Å². The summed E-state index contributed by atoms with van der Waals surface area (Å²) in [5.74, 6) is 0. The van der Waals surface area contributed by atoms with Crippen LogP contribution in [0.5, 0.6) is 0 Å². The lowest BCUT2D eigenvalue weighted by Gasteiger charge is -2.42. The van der Waals surface area contributed by atoms with Gasteiger partial charge in [0.05, 0.1) is 5.60 Å². The molecule has 5 nitrogen and oxygen atoms in total. The molecular formula is C28H58O5Si2. The fourth-order valence-electron chi connectivity index (χ4n) is 3.98. The number of carbonyl (C=O) groups is 1. The van der Waals surface area contributed by atoms with Gasteiger partial charge in [-0.3, -0.25) is 0 Å². The van der Waals surface area contributed by atoms with Crippen molar-refractivity contribution in [2.45, 2.75) is 155 Å². The highest BCUT2D eigenvalue weighted by atomic mass is 28.4. The van der Waals surface area contributed by atoms with E-state index in [2.05, 4.69) is 68.1 Å². The fourth-order valence-corrected chi connectivity index (χ4v) is 8.21. The quantitative estimate of drug-likeness (QED) is 0.113. The van der Waals surface area contributed by atoms with E-state index < -0.39 is 28.4 Å². The maximum atomic E-state index is 12.2. The zero-order valence-corrected chi connectivity index (χ0v) is 27.3. The summed E-state index contributed by atoms with van der Waals surface area (Å²) in [5, 5.41) is 0.190. The summed E-state index contributed by atoms with van der Waals surface area (Å²) in [5.41, 5.74) is -0.817. The van der Waals surface area contributed by atoms with Crippen molar-refractivity contribution in [3.63, 3.8) is 0 Å². The van der Waals surface area contributed by atoms with Crippen molar-refractivity contribution in [1.82, 2.24) is 0 Å². The average Bonchev–Trinajstić information content (AvgIpc) is 2.70. The second-order valence-electron chi connectivity index (χ2n) is 12.8. The zero-order chi connectivity index (χ0) is 27.6. The molecule has 0 aromatic carbocycles. The first-order chi connectivity index (χ1) is 15.9. The summed E-state index contributed by atoms with van der Waals surface area (Å²) in [6.45, 7) is 30.7. The molecule has 0 aromatic heterocycles. The van der Waals surface area contributed by atoms with E-state index in [9.17, 15) is 4.79 Å². The van der Waals surface area contributed by atoms with Gasteiger partial charge >= 0.3 is 6.16 Å². The molecule has 0 aliphatic rings. The van der Waals surface area contributed by atoms with Gasteiger partial charge in [-0.05, 0) is 89.6 Å². The van der Waals surface area contributed by atoms with Gasteiger partial charge < -0.3 is 18.3 Å². The predicted molar refractivity (Wildman–Crippen MR) is 154 cm³/mol. The van der Waals surface area contributed by atoms with Gasteiger partial charge in [-0.2, -0.15) is 0 Å². The van der Waals surface area contributed by atoms with E-state index >= 15 is 0 Å². The Morgan fingerprint density at radius 1 is 0.943 bits per heavy atom. The third kappa shape index (κ3) is 12.9. The highest BCUT2D eigenvalue weighted by Crippen LogP contribution is 2.38. The second-order valence-corrected chi connectivity index (χ2v) is 22.3. The van der Waals surface area contributed by atoms with E-state index in [1.54, 1.807) is 6.08 Å². The molecule has 0 bridgehead atoms. The molecule has 208 valence electrons. The van der Waals surface area contributed by atoms with Crippen molar-refractivity contribution in [3.8, 4) is 0 Å². The Morgan fingerprint density at radius 3 is 1.91 bits per heavy atom. The molecule has 0 saturated carbocycles. The van der Waals surface area contributed by atoms with Gasteiger partial charge in [-0.15, -0.1) is 6.58 Å². The van der Waals surface area contributed by atoms with Crippen LogP contribution in [0.4, 0.5) is 4.79 Å². The van der Waals surface area contributed by atoms with Gasteiger partial charge in [0.2, 0.25) is 0 Å². The number of hydrogen-bond acceptors (Lipinski definition) is 5. The van der Waals surface area contributed by atoms with Gasteiger partial charge in [0.25, 0.3) is 0 Å². The topological polar surface area (TPSA) is 54.0 Å². The Morgan fingerprint density at radius 2 is 1.49 bits per heavy atom. The van der Waals surface area contributed by atoms with Crippen LogP contribution in [0.3, 0.4) is 0 Å². The molecule has 2 atom stereocenters. The third-order valence-corrected chi connectivity index (χ3v) is 16.9. The Kier molecular flexibility index (Phi) is 14.1. The van der Waals surface area contributed by atoms with Crippen LogP contribution in [-0.2, 0) is 18.3 Å². The monoisotopic (exact) mass is 530 g/mol. The van der Waals surface area contributed by atoms with Crippen LogP contribution in [0.15, 0.2) is 12.7 Å². The molecular weight excluding hydrogens is 472 g/mol. The Bertz CT molecular complexity index is 624. The molecule has 0 spiro atoms. The molecule has 0 rings (SSSR count). The summed E-state index contributed by atoms with van der Waals surface area (Å²) >= 11 is 0. The van der Waals surface area contributed by atoms with Crippen LogP contribution < -0.4 is 0 Å². The van der Waals surface area contributed by atoms with Crippen molar-refractivity contribution < 1.29 is 23.1 Å². The Balaban J connectivity index is 5.38. The first kappa shape index (κ1) is 34.4. The number of hydrogen-bond donors (Lipinski definition) is 0. The van der Waals surface area contributed by atoms with E-state index in [4.69, 9.17) is 18.3 Å². The molecule has 0 aliphatic carbocycles. The van der Waals surface area contributed by atoms with E-state index in [-0.39, 0.29) is 16.7 Å². The first-order valence-electron chi connectivity index (χ1n) is 13.7. The zero-order valence-electron chi connectivity index (χ0n) is 25.3. The third-order valence-electron chi connectivity index (χ3n) is 7.61. The lowest BCUT2D eigenvalue weighted by Crippen LogP contribution is -2.47. The molecule has 0 heterocycles. The van der Waals surface area contributed by atoms with E-state index in [1.165, 1.54) is 0 Å². The molecule has 0 N–H and O–H groups in total. The molecule has 0 aliphatic heterocycles. The van der Waals surface area contributed by atoms with Crippen LogP contribution in [0.25, 0.3) is 0 Å². The highest BCUT2D eigenvalue weighted by molar-refractivity contribution is 6.74. The minimum Gasteiger partial charge on any atom is -0.431 e. The van der Waals surface area contributed by atoms with Crippen molar-refractivity contribution in [1.29, 1.82) is 0 Å². The molecule has 0 amide bonds. The Labute approximate surface area is 220 Å². The van der Waals surface area contributed by atoms with Gasteiger partial charge in [0, 0.05) is 13.0 Å². The minimum atomic E-state index is -1.81. The average molecular weight is 531 g/mol. The van der Waals surface area contributed by atoms with Crippen molar-refractivity contribution >= 4 is 22.8 Å². The summed E-state index contributed by atoms with van der Waals surface area (Å²) in [7, 11) is -3.61. The van der Waals surface area contributed by atoms with E-state index in [1.807, 2.05) is 20.8 Å². The van der Waals surface area contributed by atoms with Crippen LogP contribution in [-0.4, -0.2) is 46.7 Å². The van der Waals surface area contributed by atoms with Gasteiger partial charge in [-0.25, -0.2) is 4.79 Å². The summed E-state index contributed by atoms with van der Waals surface area (Å²) in [4.78, 5) is 12.2. The van der Waals surface area contributed by atoms with Gasteiger partial charge in [-0.1, -0.05) is 47.6 Å². The van der Waals surface area contributed by atoms with E-state index in [0.717, 1.165) is 50.4 Å². The molecule has 0 aromatic rings. The number of carbonyl (C=O) groups excluding carboxylic acids is 1. The maximum absolute atomic E-state index is 12.2. The fraction of sp³-hybridized carbons (Fsp3) is 0.893. The van der Waals surface area contributed by atoms with E-state index in [0.29, 0.717) is 6.42 Å². The number of rotatable bonds is 16. The lowest BCUT2D eigenvalue weighted by molar-refractivity contribution is -0.0294. The molecule has 7 heteroatoms. The van der Waals surface area contributed by atoms with Crippen molar-refractivity contribution in [3.05, 3.63) is 12.7 Å². The maximum Gasteiger partial charge on any atom is 0.509 e. The van der Waals surface area contributed by atoms with Crippen LogP contribution in [0.2, 0.25) is 36.3 Å². The molecule has 35 heavy (non-hydrogen) atoms. The Hall–Kier alpha value is -0.636. The van der Waals surface area contributed by atoms with Crippen LogP contribution in [0, 0.1) is 0 Å². The molecule has 0 radical (unpaired) electrons. The predicted octanol–water partition coefficient (Wildman–Crippen LogP) is 9.25. The summed E-state index contributed by atoms with van der Waals surface area (Å²) in [6, 6.07) is 3.37. The minimum absolute atomic E-state index is 0.190. The standard InChI is InChI=1S/C28H58O5Si2/c1-14-19-24(31-25(29)32-26(5,6)7)20-18-21-28(11,33-35(15-2,16-3)17-4)22-23-30-34(12,13)27(8,9)10/h14,24H,1,15-23H2,2-13H3/t24-,28-/m1/s1. The lowest BCUT2D eigenvalue weighted by atomic mass is 9.94. The second kappa shape index (κ2) is 14.3. The highest BCUT2D eigenvalue weighted by Gasteiger charge is 2.40. The summed E-state index contributed by atoms with van der Waals surface area (Å²) < 4.78 is 24.6. The SMILES string of the molecule is C=CC[C@H](CCC[C@](C)(CCO[Si](C)(C)C(C)(C)C)O[Si](CC)(CC)CC)OC(=O)OC(C)(C)C. The first-order valence-corrected chi connectivity index (χ1v) is 19.2. The molecule has 0 saturated heterocycles.